The lowest BCUT2D eigenvalue weighted by molar-refractivity contribution is -0.125. The van der Waals surface area contributed by atoms with Crippen molar-refractivity contribution in [3.8, 4) is 0 Å². The third-order valence-corrected chi connectivity index (χ3v) is 2.36. The number of hydrogen-bond acceptors (Lipinski definition) is 2. The summed E-state index contributed by atoms with van der Waals surface area (Å²) in [6.45, 7) is 7.07. The topological polar surface area (TPSA) is 41.1 Å². The second kappa shape index (κ2) is 5.15. The van der Waals surface area contributed by atoms with Gasteiger partial charge in [0.25, 0.3) is 0 Å². The molecule has 1 aliphatic heterocycles. The summed E-state index contributed by atoms with van der Waals surface area (Å²) in [5.74, 6) is 0.685. The lowest BCUT2D eigenvalue weighted by Crippen LogP contribution is -2.57. The standard InChI is InChI=1S/C11H20N2O/c1-4-5-9-7-12-10(6-8(2)3)11(14)13-9/h4-5,8-10,12H,6-7H2,1-3H3,(H,13,14)/b5-4-/t9-,10-/m0/s1. The van der Waals surface area contributed by atoms with E-state index in [1.54, 1.807) is 0 Å². The van der Waals surface area contributed by atoms with Crippen LogP contribution in [0.2, 0.25) is 0 Å². The second-order valence-corrected chi connectivity index (χ2v) is 4.23. The molecule has 1 heterocycles. The molecule has 3 nitrogen and oxygen atoms in total. The molecular weight excluding hydrogens is 176 g/mol. The largest absolute Gasteiger partial charge is 0.347 e. The van der Waals surface area contributed by atoms with Gasteiger partial charge >= 0.3 is 0 Å². The summed E-state index contributed by atoms with van der Waals surface area (Å²) >= 11 is 0. The van der Waals surface area contributed by atoms with Crippen molar-refractivity contribution in [1.29, 1.82) is 0 Å². The minimum atomic E-state index is -0.00324. The number of rotatable bonds is 3. The van der Waals surface area contributed by atoms with E-state index in [-0.39, 0.29) is 18.0 Å². The zero-order valence-corrected chi connectivity index (χ0v) is 9.21. The fraction of sp³-hybridized carbons (Fsp3) is 0.727. The number of carbonyl (C=O) groups excluding carboxylic acids is 1. The molecule has 0 saturated carbocycles. The van der Waals surface area contributed by atoms with E-state index in [4.69, 9.17) is 0 Å². The Balaban J connectivity index is 2.44. The first-order chi connectivity index (χ1) is 6.63. The third-order valence-electron chi connectivity index (χ3n) is 2.36. The summed E-state index contributed by atoms with van der Waals surface area (Å²) in [4.78, 5) is 11.6. The average Bonchev–Trinajstić information content (AvgIpc) is 2.10. The molecular formula is C11H20N2O. The molecule has 1 aliphatic rings. The van der Waals surface area contributed by atoms with Crippen LogP contribution in [0.25, 0.3) is 0 Å². The highest BCUT2D eigenvalue weighted by atomic mass is 16.2. The first kappa shape index (κ1) is 11.2. The zero-order chi connectivity index (χ0) is 10.6. The van der Waals surface area contributed by atoms with Gasteiger partial charge < -0.3 is 10.6 Å². The van der Waals surface area contributed by atoms with Crippen molar-refractivity contribution in [2.45, 2.75) is 39.3 Å². The van der Waals surface area contributed by atoms with E-state index in [0.717, 1.165) is 13.0 Å². The summed E-state index contributed by atoms with van der Waals surface area (Å²) < 4.78 is 0. The summed E-state index contributed by atoms with van der Waals surface area (Å²) in [5.41, 5.74) is 0. The van der Waals surface area contributed by atoms with E-state index >= 15 is 0 Å². The SMILES string of the molecule is C/C=C\[C@H]1CN[C@@H](CC(C)C)C(=O)N1. The summed E-state index contributed by atoms with van der Waals surface area (Å²) in [7, 11) is 0. The second-order valence-electron chi connectivity index (χ2n) is 4.23. The monoisotopic (exact) mass is 196 g/mol. The van der Waals surface area contributed by atoms with Crippen molar-refractivity contribution in [1.82, 2.24) is 10.6 Å². The molecule has 0 radical (unpaired) electrons. The number of carbonyl (C=O) groups is 1. The first-order valence-electron chi connectivity index (χ1n) is 5.30. The first-order valence-corrected chi connectivity index (χ1v) is 5.30. The Kier molecular flexibility index (Phi) is 4.14. The van der Waals surface area contributed by atoms with Gasteiger partial charge in [0.05, 0.1) is 12.1 Å². The van der Waals surface area contributed by atoms with Crippen molar-refractivity contribution in [3.63, 3.8) is 0 Å². The van der Waals surface area contributed by atoms with Crippen molar-refractivity contribution >= 4 is 5.91 Å². The molecule has 14 heavy (non-hydrogen) atoms. The molecule has 80 valence electrons. The molecule has 1 fully saturated rings. The van der Waals surface area contributed by atoms with E-state index in [1.165, 1.54) is 0 Å². The molecule has 2 N–H and O–H groups in total. The summed E-state index contributed by atoms with van der Waals surface area (Å²) in [6.07, 6.45) is 4.89. The minimum Gasteiger partial charge on any atom is -0.347 e. The van der Waals surface area contributed by atoms with E-state index in [1.807, 2.05) is 19.1 Å². The molecule has 0 spiro atoms. The summed E-state index contributed by atoms with van der Waals surface area (Å²) in [5, 5.41) is 6.26. The van der Waals surface area contributed by atoms with Gasteiger partial charge in [0.2, 0.25) is 5.91 Å². The van der Waals surface area contributed by atoms with Gasteiger partial charge in [-0.3, -0.25) is 4.79 Å². The minimum absolute atomic E-state index is 0.00324. The van der Waals surface area contributed by atoms with Crippen molar-refractivity contribution in [3.05, 3.63) is 12.2 Å². The predicted molar refractivity (Wildman–Crippen MR) is 58.0 cm³/mol. The molecule has 2 atom stereocenters. The maximum absolute atomic E-state index is 11.6. The fourth-order valence-corrected chi connectivity index (χ4v) is 1.71. The quantitative estimate of drug-likeness (QED) is 0.663. The van der Waals surface area contributed by atoms with Crippen molar-refractivity contribution in [2.24, 2.45) is 5.92 Å². The van der Waals surface area contributed by atoms with Gasteiger partial charge in [-0.05, 0) is 19.3 Å². The molecule has 0 unspecified atom stereocenters. The van der Waals surface area contributed by atoms with Crippen LogP contribution in [0.3, 0.4) is 0 Å². The normalized spacial score (nSPS) is 28.4. The lowest BCUT2D eigenvalue weighted by atomic mass is 10.0. The predicted octanol–water partition coefficient (Wildman–Crippen LogP) is 1.07. The van der Waals surface area contributed by atoms with Crippen LogP contribution >= 0.6 is 0 Å². The Bertz CT molecular complexity index is 223. The zero-order valence-electron chi connectivity index (χ0n) is 9.21. The van der Waals surface area contributed by atoms with Crippen LogP contribution in [0.5, 0.6) is 0 Å². The van der Waals surface area contributed by atoms with Gasteiger partial charge in [0, 0.05) is 6.54 Å². The van der Waals surface area contributed by atoms with Gasteiger partial charge in [-0.25, -0.2) is 0 Å². The maximum atomic E-state index is 11.6. The van der Waals surface area contributed by atoms with E-state index in [2.05, 4.69) is 24.5 Å². The van der Waals surface area contributed by atoms with Gasteiger partial charge in [-0.15, -0.1) is 0 Å². The molecule has 3 heteroatoms. The van der Waals surface area contributed by atoms with Crippen molar-refractivity contribution < 1.29 is 4.79 Å². The Morgan fingerprint density at radius 2 is 2.29 bits per heavy atom. The van der Waals surface area contributed by atoms with Gasteiger partial charge in [-0.1, -0.05) is 26.0 Å². The number of nitrogens with one attached hydrogen (secondary N) is 2. The van der Waals surface area contributed by atoms with E-state index in [9.17, 15) is 4.79 Å². The van der Waals surface area contributed by atoms with E-state index in [0.29, 0.717) is 5.92 Å². The molecule has 1 saturated heterocycles. The van der Waals surface area contributed by atoms with Crippen LogP contribution in [0, 0.1) is 5.92 Å². The van der Waals surface area contributed by atoms with Gasteiger partial charge in [0.15, 0.2) is 0 Å². The molecule has 0 aromatic heterocycles. The van der Waals surface area contributed by atoms with Gasteiger partial charge in [-0.2, -0.15) is 0 Å². The highest BCUT2D eigenvalue weighted by Gasteiger charge is 2.26. The molecule has 0 aromatic carbocycles. The van der Waals surface area contributed by atoms with Crippen LogP contribution in [-0.4, -0.2) is 24.5 Å². The van der Waals surface area contributed by atoms with Gasteiger partial charge in [0.1, 0.15) is 0 Å². The van der Waals surface area contributed by atoms with Crippen LogP contribution in [0.1, 0.15) is 27.2 Å². The smallest absolute Gasteiger partial charge is 0.237 e. The molecule has 0 aromatic rings. The van der Waals surface area contributed by atoms with Crippen LogP contribution < -0.4 is 10.6 Å². The van der Waals surface area contributed by atoms with Crippen molar-refractivity contribution in [2.75, 3.05) is 6.54 Å². The third kappa shape index (κ3) is 3.14. The fourth-order valence-electron chi connectivity index (χ4n) is 1.71. The molecule has 0 bridgehead atoms. The average molecular weight is 196 g/mol. The lowest BCUT2D eigenvalue weighted by Gasteiger charge is -2.29. The number of amides is 1. The highest BCUT2D eigenvalue weighted by molar-refractivity contribution is 5.83. The van der Waals surface area contributed by atoms with E-state index < -0.39 is 0 Å². The Hall–Kier alpha value is -0.830. The van der Waals surface area contributed by atoms with Crippen LogP contribution in [-0.2, 0) is 4.79 Å². The highest BCUT2D eigenvalue weighted by Crippen LogP contribution is 2.08. The Morgan fingerprint density at radius 3 is 2.79 bits per heavy atom. The molecule has 1 amide bonds. The Labute approximate surface area is 86.0 Å². The number of piperazine rings is 1. The number of allylic oxidation sites excluding steroid dienone is 1. The summed E-state index contributed by atoms with van der Waals surface area (Å²) in [6, 6.07) is 0.160. The van der Waals surface area contributed by atoms with Crippen LogP contribution in [0.15, 0.2) is 12.2 Å². The molecule has 1 rings (SSSR count). The molecule has 0 aliphatic carbocycles. The maximum Gasteiger partial charge on any atom is 0.237 e. The Morgan fingerprint density at radius 1 is 1.57 bits per heavy atom. The number of hydrogen-bond donors (Lipinski definition) is 2. The van der Waals surface area contributed by atoms with Crippen LogP contribution in [0.4, 0.5) is 0 Å².